The van der Waals surface area contributed by atoms with Crippen molar-refractivity contribution in [2.45, 2.75) is 74.1 Å². The van der Waals surface area contributed by atoms with Gasteiger partial charge in [-0.05, 0) is 30.9 Å². The Balaban J connectivity index is 1.19. The van der Waals surface area contributed by atoms with Crippen LogP contribution in [0.4, 0.5) is 0 Å². The Morgan fingerprint density at radius 1 is 1.20 bits per heavy atom. The molecule has 14 heteroatoms. The molecule has 40 heavy (non-hydrogen) atoms. The maximum atomic E-state index is 12.9. The number of hydrogen-bond acceptors (Lipinski definition) is 13. The van der Waals surface area contributed by atoms with Gasteiger partial charge in [0, 0.05) is 43.8 Å². The van der Waals surface area contributed by atoms with Crippen molar-refractivity contribution < 1.29 is 23.8 Å². The Kier molecular flexibility index (Phi) is 10.2. The minimum Gasteiger partial charge on any atom is -0.472 e. The minimum atomic E-state index is -0.919. The number of amides is 1. The molecule has 5 aliphatic rings. The molecule has 0 aromatic carbocycles. The SMILES string of the molecule is NC(=O)C(C(N)N)C(NCN[C@H]1CCCC[C@H]1N)NC1CC(C2COC3C(=O)C=C(N4CCOCC4)OC32)CS1. The largest absolute Gasteiger partial charge is 0.472 e. The monoisotopic (exact) mass is 582 g/mol. The van der Waals surface area contributed by atoms with E-state index >= 15 is 0 Å². The van der Waals surface area contributed by atoms with Gasteiger partial charge in [0.2, 0.25) is 5.91 Å². The quantitative estimate of drug-likeness (QED) is 0.130. The Labute approximate surface area is 240 Å². The highest BCUT2D eigenvalue weighted by Crippen LogP contribution is 2.42. The number of carbonyl (C=O) groups is 2. The summed E-state index contributed by atoms with van der Waals surface area (Å²) in [5, 5.41) is 10.5. The van der Waals surface area contributed by atoms with Gasteiger partial charge in [0.25, 0.3) is 0 Å². The maximum Gasteiger partial charge on any atom is 0.226 e. The Bertz CT molecular complexity index is 922. The third-order valence-corrected chi connectivity index (χ3v) is 10.3. The molecule has 1 saturated carbocycles. The zero-order valence-electron chi connectivity index (χ0n) is 23.0. The van der Waals surface area contributed by atoms with Crippen LogP contribution in [0.25, 0.3) is 0 Å². The molecular weight excluding hydrogens is 536 g/mol. The molecule has 0 spiro atoms. The van der Waals surface area contributed by atoms with E-state index in [1.807, 2.05) is 0 Å². The topological polar surface area (TPSA) is 205 Å². The van der Waals surface area contributed by atoms with E-state index in [0.717, 1.165) is 37.9 Å². The van der Waals surface area contributed by atoms with E-state index in [0.29, 0.717) is 45.5 Å². The summed E-state index contributed by atoms with van der Waals surface area (Å²) >= 11 is 1.77. The fourth-order valence-electron chi connectivity index (χ4n) is 6.60. The highest BCUT2D eigenvalue weighted by atomic mass is 32.2. The summed E-state index contributed by atoms with van der Waals surface area (Å²) in [6.07, 6.45) is 4.42. The molecule has 0 aromatic heterocycles. The first-order chi connectivity index (χ1) is 19.3. The molecule has 226 valence electrons. The molecule has 4 fully saturated rings. The molecular formula is C26H46N8O5S. The van der Waals surface area contributed by atoms with Crippen LogP contribution in [0.5, 0.6) is 0 Å². The van der Waals surface area contributed by atoms with E-state index in [1.165, 1.54) is 0 Å². The molecule has 0 bridgehead atoms. The van der Waals surface area contributed by atoms with E-state index in [-0.39, 0.29) is 41.2 Å². The van der Waals surface area contributed by atoms with Crippen molar-refractivity contribution in [1.82, 2.24) is 20.9 Å². The molecule has 0 radical (unpaired) electrons. The van der Waals surface area contributed by atoms with Crippen molar-refractivity contribution in [3.05, 3.63) is 12.0 Å². The second kappa shape index (κ2) is 13.7. The molecule has 7 unspecified atom stereocenters. The van der Waals surface area contributed by atoms with Gasteiger partial charge in [0.15, 0.2) is 17.8 Å². The minimum absolute atomic E-state index is 0.0313. The third kappa shape index (κ3) is 6.93. The number of nitrogens with two attached hydrogens (primary N) is 4. The third-order valence-electron chi connectivity index (χ3n) is 8.92. The normalized spacial score (nSPS) is 36.2. The van der Waals surface area contributed by atoms with Crippen LogP contribution in [0, 0.1) is 17.8 Å². The zero-order valence-corrected chi connectivity index (χ0v) is 23.9. The van der Waals surface area contributed by atoms with Crippen molar-refractivity contribution in [1.29, 1.82) is 0 Å². The molecule has 9 atom stereocenters. The molecule has 0 aromatic rings. The van der Waals surface area contributed by atoms with E-state index < -0.39 is 30.3 Å². The molecule has 11 N–H and O–H groups in total. The van der Waals surface area contributed by atoms with Crippen LogP contribution in [0.15, 0.2) is 12.0 Å². The second-order valence-corrected chi connectivity index (χ2v) is 12.8. The Morgan fingerprint density at radius 2 is 1.98 bits per heavy atom. The predicted octanol–water partition coefficient (Wildman–Crippen LogP) is -2.11. The van der Waals surface area contributed by atoms with Crippen LogP contribution in [0.1, 0.15) is 32.1 Å². The van der Waals surface area contributed by atoms with E-state index in [1.54, 1.807) is 17.8 Å². The van der Waals surface area contributed by atoms with Gasteiger partial charge in [0.05, 0.1) is 43.4 Å². The number of thioether (sulfide) groups is 1. The molecule has 13 nitrogen and oxygen atoms in total. The number of nitrogens with one attached hydrogen (secondary N) is 3. The number of carbonyl (C=O) groups excluding carboxylic acids is 2. The van der Waals surface area contributed by atoms with Crippen LogP contribution in [-0.4, -0.2) is 104 Å². The van der Waals surface area contributed by atoms with Gasteiger partial charge < -0.3 is 47.4 Å². The van der Waals surface area contributed by atoms with Gasteiger partial charge >= 0.3 is 0 Å². The summed E-state index contributed by atoms with van der Waals surface area (Å²) in [7, 11) is 0. The molecule has 4 heterocycles. The fraction of sp³-hybridized carbons (Fsp3) is 0.846. The van der Waals surface area contributed by atoms with Crippen molar-refractivity contribution in [3.63, 3.8) is 0 Å². The summed E-state index contributed by atoms with van der Waals surface area (Å²) < 4.78 is 17.8. The van der Waals surface area contributed by atoms with Crippen LogP contribution in [0.2, 0.25) is 0 Å². The van der Waals surface area contributed by atoms with Gasteiger partial charge in [-0.2, -0.15) is 0 Å². The number of primary amides is 1. The average molecular weight is 583 g/mol. The molecule has 5 rings (SSSR count). The van der Waals surface area contributed by atoms with Gasteiger partial charge in [0.1, 0.15) is 6.10 Å². The van der Waals surface area contributed by atoms with Crippen LogP contribution >= 0.6 is 11.8 Å². The lowest BCUT2D eigenvalue weighted by Crippen LogP contribution is -2.63. The summed E-state index contributed by atoms with van der Waals surface area (Å²) in [5.41, 5.74) is 24.0. The number of fused-ring (bicyclic) bond motifs is 1. The predicted molar refractivity (Wildman–Crippen MR) is 151 cm³/mol. The number of rotatable bonds is 11. The van der Waals surface area contributed by atoms with E-state index in [9.17, 15) is 9.59 Å². The summed E-state index contributed by atoms with van der Waals surface area (Å²) in [4.78, 5) is 27.3. The smallest absolute Gasteiger partial charge is 0.226 e. The summed E-state index contributed by atoms with van der Waals surface area (Å²) in [6, 6.07) is 0.331. The number of hydrogen-bond donors (Lipinski definition) is 7. The highest BCUT2D eigenvalue weighted by Gasteiger charge is 2.50. The Morgan fingerprint density at radius 3 is 2.70 bits per heavy atom. The van der Waals surface area contributed by atoms with E-state index in [2.05, 4.69) is 20.9 Å². The van der Waals surface area contributed by atoms with Crippen molar-refractivity contribution >= 4 is 23.5 Å². The van der Waals surface area contributed by atoms with Gasteiger partial charge in [-0.3, -0.25) is 20.2 Å². The molecule has 4 aliphatic heterocycles. The molecule has 1 aliphatic carbocycles. The fourth-order valence-corrected chi connectivity index (χ4v) is 8.09. The second-order valence-electron chi connectivity index (χ2n) is 11.6. The molecule has 3 saturated heterocycles. The molecule has 1 amide bonds. The number of nitrogens with zero attached hydrogens (tertiary/aromatic N) is 1. The maximum absolute atomic E-state index is 12.9. The van der Waals surface area contributed by atoms with Gasteiger partial charge in [-0.25, -0.2) is 0 Å². The highest BCUT2D eigenvalue weighted by molar-refractivity contribution is 8.00. The lowest BCUT2D eigenvalue weighted by Gasteiger charge is -2.37. The summed E-state index contributed by atoms with van der Waals surface area (Å²) in [5.74, 6) is 0.464. The number of ketones is 1. The lowest BCUT2D eigenvalue weighted by atomic mass is 9.85. The zero-order chi connectivity index (χ0) is 28.2. The van der Waals surface area contributed by atoms with Crippen molar-refractivity contribution in [2.24, 2.45) is 40.7 Å². The number of ether oxygens (including phenoxy) is 3. The average Bonchev–Trinajstić information content (AvgIpc) is 3.57. The lowest BCUT2D eigenvalue weighted by molar-refractivity contribution is -0.133. The standard InChI is InChI=1S/C26H46N8O5S/c27-16-3-1-2-4-17(16)31-13-32-26(21(24(28)29)25(30)36)33-19-9-14(12-40-19)15-11-38-23-18(35)10-20(39-22(15)23)34-5-7-37-8-6-34/h10,14-17,19,21-24,26,31-33H,1-9,11-13,27-29H2,(H2,30,36)/t14?,15?,16-,17+,19?,21?,22?,23?,26?/m1/s1. The van der Waals surface area contributed by atoms with Gasteiger partial charge in [-0.1, -0.05) is 12.8 Å². The van der Waals surface area contributed by atoms with Gasteiger partial charge in [-0.15, -0.1) is 11.8 Å². The summed E-state index contributed by atoms with van der Waals surface area (Å²) in [6.45, 7) is 3.56. The van der Waals surface area contributed by atoms with Crippen molar-refractivity contribution in [2.75, 3.05) is 45.3 Å². The van der Waals surface area contributed by atoms with E-state index in [4.69, 9.17) is 37.1 Å². The first-order valence-corrected chi connectivity index (χ1v) is 15.6. The van der Waals surface area contributed by atoms with Crippen LogP contribution < -0.4 is 38.9 Å². The first-order valence-electron chi connectivity index (χ1n) is 14.6. The first kappa shape index (κ1) is 30.0. The van der Waals surface area contributed by atoms with Crippen molar-refractivity contribution in [3.8, 4) is 0 Å². The Hall–Kier alpha value is -1.49. The number of morpholine rings is 1. The van der Waals surface area contributed by atoms with Crippen LogP contribution in [0.3, 0.4) is 0 Å². The van der Waals surface area contributed by atoms with Crippen LogP contribution in [-0.2, 0) is 23.8 Å².